The summed E-state index contributed by atoms with van der Waals surface area (Å²) in [5.74, 6) is 0.440. The van der Waals surface area contributed by atoms with Crippen molar-refractivity contribution in [3.05, 3.63) is 36.0 Å². The van der Waals surface area contributed by atoms with Crippen LogP contribution in [0.2, 0.25) is 0 Å². The average molecular weight is 285 g/mol. The smallest absolute Gasteiger partial charge is 0.223 e. The van der Waals surface area contributed by atoms with E-state index < -0.39 is 0 Å². The van der Waals surface area contributed by atoms with Crippen LogP contribution in [0.4, 0.5) is 0 Å². The number of H-pyrrole nitrogens is 1. The van der Waals surface area contributed by atoms with Gasteiger partial charge in [-0.3, -0.25) is 4.79 Å². The maximum atomic E-state index is 12.0. The monoisotopic (exact) mass is 285 g/mol. The number of nitrogens with one attached hydrogen (secondary N) is 3. The molecule has 1 fully saturated rings. The zero-order chi connectivity index (χ0) is 14.5. The highest BCUT2D eigenvalue weighted by Gasteiger charge is 2.20. The van der Waals surface area contributed by atoms with Crippen molar-refractivity contribution in [1.29, 1.82) is 0 Å². The van der Waals surface area contributed by atoms with Gasteiger partial charge in [0.15, 0.2) is 0 Å². The molecule has 1 aromatic carbocycles. The normalized spacial score (nSPS) is 16.2. The van der Waals surface area contributed by atoms with E-state index in [-0.39, 0.29) is 11.8 Å². The maximum absolute atomic E-state index is 12.0. The first-order valence-electron chi connectivity index (χ1n) is 7.88. The second kappa shape index (κ2) is 6.76. The number of aryl methyl sites for hydroxylation is 1. The molecule has 0 radical (unpaired) electrons. The van der Waals surface area contributed by atoms with E-state index in [0.29, 0.717) is 0 Å². The van der Waals surface area contributed by atoms with Gasteiger partial charge in [-0.1, -0.05) is 18.2 Å². The van der Waals surface area contributed by atoms with E-state index in [1.807, 2.05) is 6.07 Å². The van der Waals surface area contributed by atoms with Gasteiger partial charge in [-0.25, -0.2) is 0 Å². The molecule has 1 saturated heterocycles. The second-order valence-electron chi connectivity index (χ2n) is 5.78. The Balaban J connectivity index is 1.44. The number of carbonyl (C=O) groups is 1. The van der Waals surface area contributed by atoms with Gasteiger partial charge >= 0.3 is 0 Å². The van der Waals surface area contributed by atoms with E-state index in [1.54, 1.807) is 0 Å². The number of aromatic nitrogens is 1. The zero-order valence-electron chi connectivity index (χ0n) is 12.3. The molecule has 3 N–H and O–H groups in total. The minimum Gasteiger partial charge on any atom is -0.361 e. The van der Waals surface area contributed by atoms with Gasteiger partial charge in [-0.15, -0.1) is 0 Å². The lowest BCUT2D eigenvalue weighted by atomic mass is 9.97. The first kappa shape index (κ1) is 14.1. The summed E-state index contributed by atoms with van der Waals surface area (Å²) in [6, 6.07) is 8.35. The Kier molecular flexibility index (Phi) is 4.55. The molecule has 21 heavy (non-hydrogen) atoms. The van der Waals surface area contributed by atoms with Gasteiger partial charge in [0.25, 0.3) is 0 Å². The highest BCUT2D eigenvalue weighted by molar-refractivity contribution is 5.83. The molecule has 0 spiro atoms. The Labute approximate surface area is 125 Å². The molecule has 1 aliphatic heterocycles. The molecule has 1 aromatic heterocycles. The summed E-state index contributed by atoms with van der Waals surface area (Å²) in [6.45, 7) is 2.70. The van der Waals surface area contributed by atoms with Crippen molar-refractivity contribution in [1.82, 2.24) is 15.6 Å². The van der Waals surface area contributed by atoms with Crippen LogP contribution in [0.5, 0.6) is 0 Å². The number of aromatic amines is 1. The van der Waals surface area contributed by atoms with Gasteiger partial charge in [-0.05, 0) is 50.4 Å². The van der Waals surface area contributed by atoms with Crippen LogP contribution in [0, 0.1) is 5.92 Å². The first-order chi connectivity index (χ1) is 10.3. The van der Waals surface area contributed by atoms with E-state index in [9.17, 15) is 4.79 Å². The summed E-state index contributed by atoms with van der Waals surface area (Å²) < 4.78 is 0. The Morgan fingerprint density at radius 2 is 2.05 bits per heavy atom. The molecular formula is C17H23N3O. The summed E-state index contributed by atoms with van der Waals surface area (Å²) in [5.41, 5.74) is 2.52. The third-order valence-electron chi connectivity index (χ3n) is 4.31. The van der Waals surface area contributed by atoms with E-state index in [0.717, 1.165) is 45.3 Å². The Morgan fingerprint density at radius 1 is 1.24 bits per heavy atom. The van der Waals surface area contributed by atoms with Crippen molar-refractivity contribution in [2.45, 2.75) is 25.7 Å². The van der Waals surface area contributed by atoms with E-state index in [2.05, 4.69) is 40.0 Å². The molecule has 0 atom stereocenters. The van der Waals surface area contributed by atoms with Crippen molar-refractivity contribution < 1.29 is 4.79 Å². The first-order valence-corrected chi connectivity index (χ1v) is 7.88. The van der Waals surface area contributed by atoms with Gasteiger partial charge in [0, 0.05) is 29.6 Å². The summed E-state index contributed by atoms with van der Waals surface area (Å²) in [4.78, 5) is 15.3. The fourth-order valence-corrected chi connectivity index (χ4v) is 3.06. The number of rotatable bonds is 5. The fraction of sp³-hybridized carbons (Fsp3) is 0.471. The van der Waals surface area contributed by atoms with Crippen molar-refractivity contribution in [3.63, 3.8) is 0 Å². The third kappa shape index (κ3) is 3.45. The van der Waals surface area contributed by atoms with Gasteiger partial charge in [-0.2, -0.15) is 0 Å². The largest absolute Gasteiger partial charge is 0.361 e. The maximum Gasteiger partial charge on any atom is 0.223 e. The molecule has 1 aliphatic rings. The number of para-hydroxylation sites is 1. The standard InChI is InChI=1S/C17H23N3O/c21-17(13-7-10-18-11-8-13)19-9-3-4-14-12-20-16-6-2-1-5-15(14)16/h1-2,5-6,12-13,18,20H,3-4,7-11H2,(H,19,21). The minimum absolute atomic E-state index is 0.208. The Hall–Kier alpha value is -1.81. The van der Waals surface area contributed by atoms with Crippen LogP contribution >= 0.6 is 0 Å². The summed E-state index contributed by atoms with van der Waals surface area (Å²) in [5, 5.41) is 7.67. The quantitative estimate of drug-likeness (QED) is 0.738. The van der Waals surface area contributed by atoms with Crippen LogP contribution in [-0.2, 0) is 11.2 Å². The van der Waals surface area contributed by atoms with Crippen molar-refractivity contribution in [2.24, 2.45) is 5.92 Å². The molecule has 3 rings (SSSR count). The number of amides is 1. The van der Waals surface area contributed by atoms with E-state index in [4.69, 9.17) is 0 Å². The number of piperidine rings is 1. The van der Waals surface area contributed by atoms with Gasteiger partial charge in [0.2, 0.25) is 5.91 Å². The molecular weight excluding hydrogens is 262 g/mol. The predicted octanol–water partition coefficient (Wildman–Crippen LogP) is 2.22. The van der Waals surface area contributed by atoms with E-state index in [1.165, 1.54) is 16.5 Å². The average Bonchev–Trinajstić information content (AvgIpc) is 2.95. The second-order valence-corrected chi connectivity index (χ2v) is 5.78. The number of fused-ring (bicyclic) bond motifs is 1. The molecule has 0 aliphatic carbocycles. The highest BCUT2D eigenvalue weighted by Crippen LogP contribution is 2.18. The Morgan fingerprint density at radius 3 is 2.90 bits per heavy atom. The molecule has 4 nitrogen and oxygen atoms in total. The summed E-state index contributed by atoms with van der Waals surface area (Å²) in [7, 11) is 0. The van der Waals surface area contributed by atoms with Crippen molar-refractivity contribution >= 4 is 16.8 Å². The van der Waals surface area contributed by atoms with Gasteiger partial charge in [0.1, 0.15) is 0 Å². The van der Waals surface area contributed by atoms with Crippen molar-refractivity contribution in [2.75, 3.05) is 19.6 Å². The summed E-state index contributed by atoms with van der Waals surface area (Å²) >= 11 is 0. The van der Waals surface area contributed by atoms with Crippen LogP contribution in [0.25, 0.3) is 10.9 Å². The molecule has 2 aromatic rings. The van der Waals surface area contributed by atoms with Crippen LogP contribution in [-0.4, -0.2) is 30.5 Å². The molecule has 112 valence electrons. The van der Waals surface area contributed by atoms with Crippen LogP contribution in [0.15, 0.2) is 30.5 Å². The molecule has 2 heterocycles. The lowest BCUT2D eigenvalue weighted by Gasteiger charge is -2.21. The molecule has 1 amide bonds. The Bertz CT molecular complexity index is 599. The number of hydrogen-bond acceptors (Lipinski definition) is 2. The van der Waals surface area contributed by atoms with Gasteiger partial charge in [0.05, 0.1) is 0 Å². The minimum atomic E-state index is 0.208. The highest BCUT2D eigenvalue weighted by atomic mass is 16.1. The summed E-state index contributed by atoms with van der Waals surface area (Å²) in [6.07, 6.45) is 6.00. The van der Waals surface area contributed by atoms with Crippen LogP contribution in [0.1, 0.15) is 24.8 Å². The lowest BCUT2D eigenvalue weighted by Crippen LogP contribution is -2.38. The predicted molar refractivity (Wildman–Crippen MR) is 85.2 cm³/mol. The van der Waals surface area contributed by atoms with Crippen LogP contribution in [0.3, 0.4) is 0 Å². The molecule has 0 bridgehead atoms. The van der Waals surface area contributed by atoms with E-state index >= 15 is 0 Å². The lowest BCUT2D eigenvalue weighted by molar-refractivity contribution is -0.125. The molecule has 4 heteroatoms. The SMILES string of the molecule is O=C(NCCCc1c[nH]c2ccccc12)C1CCNCC1. The number of hydrogen-bond donors (Lipinski definition) is 3. The number of benzene rings is 1. The fourth-order valence-electron chi connectivity index (χ4n) is 3.06. The zero-order valence-corrected chi connectivity index (χ0v) is 12.3. The van der Waals surface area contributed by atoms with Gasteiger partial charge < -0.3 is 15.6 Å². The molecule has 0 unspecified atom stereocenters. The van der Waals surface area contributed by atoms with Crippen molar-refractivity contribution in [3.8, 4) is 0 Å². The number of carbonyl (C=O) groups excluding carboxylic acids is 1. The molecule has 0 saturated carbocycles. The third-order valence-corrected chi connectivity index (χ3v) is 4.31. The topological polar surface area (TPSA) is 56.9 Å². The van der Waals surface area contributed by atoms with Crippen LogP contribution < -0.4 is 10.6 Å².